The zero-order chi connectivity index (χ0) is 29.2. The minimum absolute atomic E-state index is 0.0286. The number of aromatic nitrogens is 1. The minimum Gasteiger partial charge on any atom is -0.497 e. The molecule has 6 nitrogen and oxygen atoms in total. The first-order valence-corrected chi connectivity index (χ1v) is 13.6. The number of carbonyl (C=O) groups excluding carboxylic acids is 2. The Labute approximate surface area is 237 Å². The summed E-state index contributed by atoms with van der Waals surface area (Å²) in [6.45, 7) is 3.86. The topological polar surface area (TPSA) is 65.6 Å². The molecule has 1 amide bonds. The van der Waals surface area contributed by atoms with E-state index in [1.54, 1.807) is 7.11 Å². The van der Waals surface area contributed by atoms with Crippen LogP contribution in [0.3, 0.4) is 0 Å². The number of anilines is 1. The summed E-state index contributed by atoms with van der Waals surface area (Å²) in [5, 5.41) is 1.06. The van der Waals surface area contributed by atoms with Crippen molar-refractivity contribution in [3.8, 4) is 5.75 Å². The van der Waals surface area contributed by atoms with E-state index in [1.807, 2.05) is 71.6 Å². The van der Waals surface area contributed by atoms with Crippen LogP contribution in [0.5, 0.6) is 5.75 Å². The van der Waals surface area contributed by atoms with Gasteiger partial charge in [-0.15, -0.1) is 0 Å². The maximum absolute atomic E-state index is 13.7. The number of aldehydes is 1. The van der Waals surface area contributed by atoms with Crippen molar-refractivity contribution in [3.63, 3.8) is 0 Å². The highest BCUT2D eigenvalue weighted by Gasteiger charge is 2.27. The lowest BCUT2D eigenvalue weighted by Crippen LogP contribution is -2.43. The van der Waals surface area contributed by atoms with Crippen LogP contribution in [0.4, 0.5) is 18.9 Å². The third kappa shape index (κ3) is 8.69. The van der Waals surface area contributed by atoms with Gasteiger partial charge in [-0.05, 0) is 73.7 Å². The highest BCUT2D eigenvalue weighted by atomic mass is 19.4. The maximum Gasteiger partial charge on any atom is 0.446 e. The summed E-state index contributed by atoms with van der Waals surface area (Å²) in [4.78, 5) is 30.2. The van der Waals surface area contributed by atoms with Crippen molar-refractivity contribution in [1.29, 1.82) is 0 Å². The maximum atomic E-state index is 13.7. The number of amides is 1. The van der Waals surface area contributed by atoms with Gasteiger partial charge in [0, 0.05) is 36.2 Å². The van der Waals surface area contributed by atoms with Crippen molar-refractivity contribution < 1.29 is 27.5 Å². The number of piperidine rings is 1. The molecule has 1 saturated heterocycles. The summed E-state index contributed by atoms with van der Waals surface area (Å²) in [5.74, 6) is 1.37. The number of methoxy groups -OCH3 is 1. The Hall–Kier alpha value is -4.11. The van der Waals surface area contributed by atoms with E-state index in [4.69, 9.17) is 9.53 Å². The number of hydrogen-bond acceptors (Lipinski definition) is 4. The van der Waals surface area contributed by atoms with Crippen LogP contribution in [0.1, 0.15) is 28.9 Å². The fourth-order valence-corrected chi connectivity index (χ4v) is 5.12. The summed E-state index contributed by atoms with van der Waals surface area (Å²) >= 11 is 0. The third-order valence-electron chi connectivity index (χ3n) is 7.10. The Bertz CT molecular complexity index is 1390. The summed E-state index contributed by atoms with van der Waals surface area (Å²) in [5.41, 5.74) is 3.88. The Balaban J connectivity index is 0.000000585. The molecule has 0 radical (unpaired) electrons. The SMILES string of the molecule is COc1cccc(CCN2CCCC(CN(C(=O)c3cc4ccccc4[nH]3)c3ccccc3)C2)c1.O=CC(F)(F)F. The van der Waals surface area contributed by atoms with E-state index in [0.717, 1.165) is 61.2 Å². The monoisotopic (exact) mass is 565 g/mol. The van der Waals surface area contributed by atoms with E-state index in [-0.39, 0.29) is 5.91 Å². The van der Waals surface area contributed by atoms with Gasteiger partial charge in [0.05, 0.1) is 7.11 Å². The number of para-hydroxylation sites is 2. The van der Waals surface area contributed by atoms with Gasteiger partial charge >= 0.3 is 6.18 Å². The Morgan fingerprint density at radius 1 is 1.05 bits per heavy atom. The predicted octanol–water partition coefficient (Wildman–Crippen LogP) is 6.53. The van der Waals surface area contributed by atoms with Crippen LogP contribution in [-0.4, -0.2) is 61.5 Å². The molecule has 0 saturated carbocycles. The first-order valence-electron chi connectivity index (χ1n) is 13.6. The number of fused-ring (bicyclic) bond motifs is 1. The molecule has 1 N–H and O–H groups in total. The molecule has 41 heavy (non-hydrogen) atoms. The molecule has 216 valence electrons. The molecular weight excluding hydrogens is 531 g/mol. The summed E-state index contributed by atoms with van der Waals surface area (Å²) in [6.07, 6.45) is -2.40. The van der Waals surface area contributed by atoms with Crippen LogP contribution in [0.15, 0.2) is 84.9 Å². The highest BCUT2D eigenvalue weighted by molar-refractivity contribution is 6.07. The molecule has 1 fully saturated rings. The number of aromatic amines is 1. The van der Waals surface area contributed by atoms with Crippen molar-refractivity contribution in [1.82, 2.24) is 9.88 Å². The highest BCUT2D eigenvalue weighted by Crippen LogP contribution is 2.25. The van der Waals surface area contributed by atoms with Gasteiger partial charge in [-0.2, -0.15) is 13.2 Å². The van der Waals surface area contributed by atoms with Crippen molar-refractivity contribution in [2.24, 2.45) is 5.92 Å². The number of carbonyl (C=O) groups is 2. The first-order chi connectivity index (χ1) is 19.8. The smallest absolute Gasteiger partial charge is 0.446 e. The van der Waals surface area contributed by atoms with Crippen molar-refractivity contribution in [2.45, 2.75) is 25.4 Å². The molecule has 3 aromatic carbocycles. The average Bonchev–Trinajstić information content (AvgIpc) is 3.44. The number of halogens is 3. The third-order valence-corrected chi connectivity index (χ3v) is 7.10. The molecule has 1 aromatic heterocycles. The molecule has 2 heterocycles. The Morgan fingerprint density at radius 3 is 2.49 bits per heavy atom. The van der Waals surface area contributed by atoms with E-state index in [1.165, 1.54) is 5.56 Å². The number of ether oxygens (including phenoxy) is 1. The van der Waals surface area contributed by atoms with Gasteiger partial charge in [-0.25, -0.2) is 0 Å². The van der Waals surface area contributed by atoms with Gasteiger partial charge < -0.3 is 19.5 Å². The van der Waals surface area contributed by atoms with Crippen LogP contribution < -0.4 is 9.64 Å². The number of H-pyrrole nitrogens is 1. The number of alkyl halides is 3. The summed E-state index contributed by atoms with van der Waals surface area (Å²) in [7, 11) is 1.71. The first kappa shape index (κ1) is 29.9. The van der Waals surface area contributed by atoms with Gasteiger partial charge in [0.25, 0.3) is 5.91 Å². The average molecular weight is 566 g/mol. The largest absolute Gasteiger partial charge is 0.497 e. The van der Waals surface area contributed by atoms with Gasteiger partial charge in [0.15, 0.2) is 0 Å². The zero-order valence-electron chi connectivity index (χ0n) is 22.9. The van der Waals surface area contributed by atoms with Gasteiger partial charge in [-0.1, -0.05) is 48.5 Å². The minimum atomic E-state index is -4.64. The number of nitrogens with zero attached hydrogens (tertiary/aromatic N) is 2. The molecule has 0 spiro atoms. The number of benzene rings is 3. The second kappa shape index (κ2) is 14.0. The molecule has 1 unspecified atom stereocenters. The molecule has 1 aliphatic rings. The molecular formula is C32H34F3N3O3. The lowest BCUT2D eigenvalue weighted by atomic mass is 9.96. The van der Waals surface area contributed by atoms with Crippen LogP contribution in [0.25, 0.3) is 10.9 Å². The Kier molecular flexibility index (Phi) is 10.2. The van der Waals surface area contributed by atoms with E-state index in [0.29, 0.717) is 18.2 Å². The number of hydrogen-bond donors (Lipinski definition) is 1. The second-order valence-electron chi connectivity index (χ2n) is 10.1. The van der Waals surface area contributed by atoms with Gasteiger partial charge in [0.1, 0.15) is 11.4 Å². The Morgan fingerprint density at radius 2 is 1.78 bits per heavy atom. The second-order valence-corrected chi connectivity index (χ2v) is 10.1. The predicted molar refractivity (Wildman–Crippen MR) is 154 cm³/mol. The van der Waals surface area contributed by atoms with E-state index < -0.39 is 12.5 Å². The fraction of sp³-hybridized carbons (Fsp3) is 0.312. The number of nitrogens with one attached hydrogen (secondary N) is 1. The van der Waals surface area contributed by atoms with Crippen molar-refractivity contribution >= 4 is 28.8 Å². The summed E-state index contributed by atoms with van der Waals surface area (Å²) in [6, 6.07) is 28.4. The standard InChI is InChI=1S/C30H33N3O2.C2HF3O/c1-35-27-14-7-9-23(19-27)16-18-32-17-8-10-24(21-32)22-33(26-12-3-2-4-13-26)30(34)29-20-25-11-5-6-15-28(25)31-29;3-2(4,5)1-6/h2-7,9,11-15,19-20,24,31H,8,10,16-18,21-22H2,1H3;1H. The van der Waals surface area contributed by atoms with Gasteiger partial charge in [-0.3, -0.25) is 9.59 Å². The normalized spacial score (nSPS) is 15.6. The van der Waals surface area contributed by atoms with Crippen molar-refractivity contribution in [2.75, 3.05) is 38.2 Å². The van der Waals surface area contributed by atoms with Crippen molar-refractivity contribution in [3.05, 3.63) is 96.2 Å². The molecule has 0 bridgehead atoms. The molecule has 1 aliphatic heterocycles. The van der Waals surface area contributed by atoms with Crippen LogP contribution in [0, 0.1) is 5.92 Å². The number of rotatable bonds is 8. The van der Waals surface area contributed by atoms with E-state index >= 15 is 0 Å². The lowest BCUT2D eigenvalue weighted by Gasteiger charge is -2.35. The molecule has 4 aromatic rings. The zero-order valence-corrected chi connectivity index (χ0v) is 22.9. The molecule has 0 aliphatic carbocycles. The number of likely N-dealkylation sites (tertiary alicyclic amines) is 1. The van der Waals surface area contributed by atoms with Crippen LogP contribution in [-0.2, 0) is 11.2 Å². The van der Waals surface area contributed by atoms with E-state index in [2.05, 4.69) is 28.1 Å². The molecule has 1 atom stereocenters. The molecule has 5 rings (SSSR count). The quantitative estimate of drug-likeness (QED) is 0.247. The van der Waals surface area contributed by atoms with Crippen LogP contribution in [0.2, 0.25) is 0 Å². The van der Waals surface area contributed by atoms with Gasteiger partial charge in [0.2, 0.25) is 6.29 Å². The summed E-state index contributed by atoms with van der Waals surface area (Å²) < 4.78 is 36.6. The van der Waals surface area contributed by atoms with Crippen LogP contribution >= 0.6 is 0 Å². The lowest BCUT2D eigenvalue weighted by molar-refractivity contribution is -0.156. The fourth-order valence-electron chi connectivity index (χ4n) is 5.12. The molecule has 9 heteroatoms. The van der Waals surface area contributed by atoms with E-state index in [9.17, 15) is 18.0 Å².